The molecule has 0 radical (unpaired) electrons. The van der Waals surface area contributed by atoms with Gasteiger partial charge in [0.1, 0.15) is 0 Å². The summed E-state index contributed by atoms with van der Waals surface area (Å²) in [6.45, 7) is 4.21. The molecule has 0 N–H and O–H groups in total. The van der Waals surface area contributed by atoms with Crippen LogP contribution in [0.15, 0.2) is 0 Å². The van der Waals surface area contributed by atoms with Crippen LogP contribution < -0.4 is 0 Å². The van der Waals surface area contributed by atoms with Gasteiger partial charge in [0, 0.05) is 5.92 Å². The second-order valence-electron chi connectivity index (χ2n) is 2.93. The van der Waals surface area contributed by atoms with Crippen molar-refractivity contribution < 1.29 is 4.79 Å². The maximum absolute atomic E-state index is 10.8. The van der Waals surface area contributed by atoms with Crippen molar-refractivity contribution in [1.29, 1.82) is 0 Å². The molecule has 1 unspecified atom stereocenters. The second kappa shape index (κ2) is 9.34. The quantitative estimate of drug-likeness (QED) is 0.613. The second-order valence-corrected chi connectivity index (χ2v) is 3.30. The van der Waals surface area contributed by atoms with Crippen molar-refractivity contribution in [3.8, 4) is 0 Å². The molecule has 0 rings (SSSR count). The van der Waals surface area contributed by atoms with Crippen LogP contribution in [0.1, 0.15) is 46.0 Å². The lowest BCUT2D eigenvalue weighted by Crippen LogP contribution is -2.07. The molecule has 0 saturated carbocycles. The molecule has 12 heavy (non-hydrogen) atoms. The average Bonchev–Trinajstić information content (AvgIpc) is 1.97. The molecular weight excluding hydrogens is 195 g/mol. The lowest BCUT2D eigenvalue weighted by molar-refractivity contribution is -0.115. The minimum Gasteiger partial charge on any atom is -0.281 e. The van der Waals surface area contributed by atoms with Crippen LogP contribution in [-0.4, -0.2) is 5.24 Å². The number of halogens is 2. The van der Waals surface area contributed by atoms with Gasteiger partial charge in [-0.3, -0.25) is 4.79 Å². The van der Waals surface area contributed by atoms with Gasteiger partial charge in [-0.2, -0.15) is 0 Å². The third kappa shape index (κ3) is 6.93. The molecule has 0 aliphatic heterocycles. The maximum Gasteiger partial charge on any atom is 0.224 e. The van der Waals surface area contributed by atoms with Crippen LogP contribution in [0, 0.1) is 5.92 Å². The summed E-state index contributed by atoms with van der Waals surface area (Å²) in [4.78, 5) is 10.8. The Balaban J connectivity index is 0. The van der Waals surface area contributed by atoms with E-state index < -0.39 is 0 Å². The van der Waals surface area contributed by atoms with E-state index in [0.717, 1.165) is 32.1 Å². The van der Waals surface area contributed by atoms with Gasteiger partial charge in [-0.25, -0.2) is 0 Å². The molecule has 0 spiro atoms. The summed E-state index contributed by atoms with van der Waals surface area (Å²) in [5.74, 6) is 0.113. The summed E-state index contributed by atoms with van der Waals surface area (Å²) in [5, 5.41) is -0.152. The van der Waals surface area contributed by atoms with Crippen LogP contribution in [0.5, 0.6) is 0 Å². The van der Waals surface area contributed by atoms with E-state index in [0.29, 0.717) is 0 Å². The van der Waals surface area contributed by atoms with E-state index in [4.69, 9.17) is 11.6 Å². The summed E-state index contributed by atoms with van der Waals surface area (Å²) >= 11 is 5.42. The lowest BCUT2D eigenvalue weighted by Gasteiger charge is -2.09. The van der Waals surface area contributed by atoms with Crippen molar-refractivity contribution >= 4 is 29.3 Å². The first-order valence-electron chi connectivity index (χ1n) is 4.41. The van der Waals surface area contributed by atoms with Crippen LogP contribution in [0.4, 0.5) is 0 Å². The Labute approximate surface area is 86.3 Å². The SMILES string of the molecule is CCCCC(CCC)C(=O)Cl.Cl. The Morgan fingerprint density at radius 1 is 1.25 bits per heavy atom. The van der Waals surface area contributed by atoms with Crippen molar-refractivity contribution in [2.24, 2.45) is 5.92 Å². The molecule has 0 aromatic heterocycles. The zero-order valence-electron chi connectivity index (χ0n) is 7.81. The fourth-order valence-electron chi connectivity index (χ4n) is 1.17. The van der Waals surface area contributed by atoms with E-state index in [9.17, 15) is 4.79 Å². The van der Waals surface area contributed by atoms with Gasteiger partial charge < -0.3 is 0 Å². The van der Waals surface area contributed by atoms with Gasteiger partial charge in [0.25, 0.3) is 0 Å². The van der Waals surface area contributed by atoms with E-state index >= 15 is 0 Å². The number of rotatable bonds is 6. The van der Waals surface area contributed by atoms with Gasteiger partial charge in [0.2, 0.25) is 5.24 Å². The summed E-state index contributed by atoms with van der Waals surface area (Å²) in [6.07, 6.45) is 5.22. The molecular formula is C9H18Cl2O. The van der Waals surface area contributed by atoms with Gasteiger partial charge in [-0.1, -0.05) is 33.1 Å². The molecule has 0 aromatic carbocycles. The Morgan fingerprint density at radius 2 is 1.83 bits per heavy atom. The van der Waals surface area contributed by atoms with Crippen LogP contribution in [0.3, 0.4) is 0 Å². The van der Waals surface area contributed by atoms with Crippen molar-refractivity contribution in [3.05, 3.63) is 0 Å². The first-order chi connectivity index (χ1) is 5.22. The fourth-order valence-corrected chi connectivity index (χ4v) is 1.39. The minimum absolute atomic E-state index is 0. The van der Waals surface area contributed by atoms with Crippen LogP contribution in [0.2, 0.25) is 0 Å². The summed E-state index contributed by atoms with van der Waals surface area (Å²) in [7, 11) is 0. The highest BCUT2D eigenvalue weighted by molar-refractivity contribution is 6.63. The number of carbonyl (C=O) groups is 1. The molecule has 0 bridgehead atoms. The summed E-state index contributed by atoms with van der Waals surface area (Å²) < 4.78 is 0. The highest BCUT2D eigenvalue weighted by Crippen LogP contribution is 2.17. The van der Waals surface area contributed by atoms with Gasteiger partial charge >= 0.3 is 0 Å². The average molecular weight is 213 g/mol. The zero-order chi connectivity index (χ0) is 8.69. The Kier molecular flexibility index (Phi) is 11.5. The summed E-state index contributed by atoms with van der Waals surface area (Å²) in [6, 6.07) is 0. The van der Waals surface area contributed by atoms with E-state index in [2.05, 4.69) is 13.8 Å². The standard InChI is InChI=1S/C9H17ClO.ClH/c1-3-5-7-8(6-4-2)9(10)11;/h8H,3-7H2,1-2H3;1H. The minimum atomic E-state index is -0.152. The topological polar surface area (TPSA) is 17.1 Å². The van der Waals surface area contributed by atoms with Gasteiger partial charge in [0.05, 0.1) is 0 Å². The fraction of sp³-hybridized carbons (Fsp3) is 0.889. The van der Waals surface area contributed by atoms with Gasteiger partial charge in [0.15, 0.2) is 0 Å². The Hall–Kier alpha value is 0.250. The van der Waals surface area contributed by atoms with Crippen molar-refractivity contribution in [2.45, 2.75) is 46.0 Å². The first kappa shape index (κ1) is 14.8. The molecule has 3 heteroatoms. The third-order valence-corrected chi connectivity index (χ3v) is 2.17. The maximum atomic E-state index is 10.8. The molecule has 0 aliphatic carbocycles. The van der Waals surface area contributed by atoms with Gasteiger partial charge in [-0.15, -0.1) is 12.4 Å². The number of hydrogen-bond donors (Lipinski definition) is 0. The van der Waals surface area contributed by atoms with Crippen molar-refractivity contribution in [3.63, 3.8) is 0 Å². The van der Waals surface area contributed by atoms with Crippen molar-refractivity contribution in [1.82, 2.24) is 0 Å². The molecule has 0 aliphatic rings. The number of carbonyl (C=O) groups excluding carboxylic acids is 1. The molecule has 74 valence electrons. The van der Waals surface area contributed by atoms with Crippen LogP contribution >= 0.6 is 24.0 Å². The predicted octanol–water partition coefficient (Wildman–Crippen LogP) is 3.78. The van der Waals surface area contributed by atoms with Crippen LogP contribution in [0.25, 0.3) is 0 Å². The number of hydrogen-bond acceptors (Lipinski definition) is 1. The molecule has 1 nitrogen and oxygen atoms in total. The Morgan fingerprint density at radius 3 is 2.17 bits per heavy atom. The smallest absolute Gasteiger partial charge is 0.224 e. The molecule has 0 fully saturated rings. The van der Waals surface area contributed by atoms with E-state index in [-0.39, 0.29) is 23.6 Å². The van der Waals surface area contributed by atoms with Gasteiger partial charge in [-0.05, 0) is 24.4 Å². The number of unbranched alkanes of at least 4 members (excludes halogenated alkanes) is 1. The molecule has 0 amide bonds. The van der Waals surface area contributed by atoms with Crippen LogP contribution in [-0.2, 0) is 4.79 Å². The Bertz CT molecular complexity index is 115. The van der Waals surface area contributed by atoms with E-state index in [1.807, 2.05) is 0 Å². The highest BCUT2D eigenvalue weighted by Gasteiger charge is 2.13. The largest absolute Gasteiger partial charge is 0.281 e. The van der Waals surface area contributed by atoms with E-state index in [1.54, 1.807) is 0 Å². The predicted molar refractivity (Wildman–Crippen MR) is 56.0 cm³/mol. The van der Waals surface area contributed by atoms with E-state index in [1.165, 1.54) is 0 Å². The summed E-state index contributed by atoms with van der Waals surface area (Å²) in [5.41, 5.74) is 0. The first-order valence-corrected chi connectivity index (χ1v) is 4.79. The monoisotopic (exact) mass is 212 g/mol. The zero-order valence-corrected chi connectivity index (χ0v) is 9.38. The highest BCUT2D eigenvalue weighted by atomic mass is 35.5. The molecule has 0 aromatic rings. The molecule has 0 saturated heterocycles. The third-order valence-electron chi connectivity index (χ3n) is 1.86. The molecule has 0 heterocycles. The molecule has 1 atom stereocenters. The van der Waals surface area contributed by atoms with Crippen molar-refractivity contribution in [2.75, 3.05) is 0 Å². The lowest BCUT2D eigenvalue weighted by atomic mass is 9.99. The normalized spacial score (nSPS) is 11.9.